The van der Waals surface area contributed by atoms with E-state index in [0.29, 0.717) is 6.42 Å². The number of nitrogens with one attached hydrogen (secondary N) is 2. The van der Waals surface area contributed by atoms with E-state index in [1.165, 1.54) is 10.5 Å². The minimum Gasteiger partial charge on any atom is -0.493 e. The Labute approximate surface area is 163 Å². The van der Waals surface area contributed by atoms with E-state index in [9.17, 15) is 4.79 Å². The van der Waals surface area contributed by atoms with Crippen molar-refractivity contribution in [2.75, 3.05) is 39.7 Å². The lowest BCUT2D eigenvalue weighted by Gasteiger charge is -2.15. The largest absolute Gasteiger partial charge is 0.493 e. The Balaban J connectivity index is 1.75. The monoisotopic (exact) mass is 421 g/mol. The molecular formula is C20H26BrN2O3+. The predicted octanol–water partition coefficient (Wildman–Crippen LogP) is 2.55. The van der Waals surface area contributed by atoms with E-state index in [2.05, 4.69) is 34.4 Å². The van der Waals surface area contributed by atoms with Crippen LogP contribution in [0.1, 0.15) is 12.0 Å². The summed E-state index contributed by atoms with van der Waals surface area (Å²) >= 11 is 3.38. The second kappa shape index (κ2) is 10.2. The molecule has 0 spiro atoms. The first-order valence-electron chi connectivity index (χ1n) is 8.59. The number of likely N-dealkylation sites (N-methyl/N-ethyl adjacent to an activating group) is 1. The average Bonchev–Trinajstić information content (AvgIpc) is 2.66. The van der Waals surface area contributed by atoms with Crippen LogP contribution in [0.25, 0.3) is 0 Å². The molecule has 5 nitrogen and oxygen atoms in total. The highest BCUT2D eigenvalue weighted by Crippen LogP contribution is 2.27. The molecule has 0 aliphatic heterocycles. The molecule has 0 fully saturated rings. The highest BCUT2D eigenvalue weighted by molar-refractivity contribution is 9.10. The summed E-state index contributed by atoms with van der Waals surface area (Å²) in [7, 11) is 5.38. The fourth-order valence-corrected chi connectivity index (χ4v) is 2.87. The molecular weight excluding hydrogens is 396 g/mol. The number of halogens is 1. The molecule has 2 N–H and O–H groups in total. The van der Waals surface area contributed by atoms with Crippen LogP contribution >= 0.6 is 15.9 Å². The normalized spacial score (nSPS) is 11.7. The van der Waals surface area contributed by atoms with Gasteiger partial charge in [-0.3, -0.25) is 4.79 Å². The van der Waals surface area contributed by atoms with Gasteiger partial charge in [-0.05, 0) is 42.0 Å². The smallest absolute Gasteiger partial charge is 0.230 e. The van der Waals surface area contributed by atoms with Crippen LogP contribution in [0.3, 0.4) is 0 Å². The zero-order valence-corrected chi connectivity index (χ0v) is 17.1. The van der Waals surface area contributed by atoms with E-state index in [-0.39, 0.29) is 5.91 Å². The Morgan fingerprint density at radius 1 is 1.04 bits per heavy atom. The van der Waals surface area contributed by atoms with Crippen LogP contribution in [0.2, 0.25) is 0 Å². The van der Waals surface area contributed by atoms with Crippen molar-refractivity contribution in [1.29, 1.82) is 0 Å². The highest BCUT2D eigenvalue weighted by atomic mass is 79.9. The summed E-state index contributed by atoms with van der Waals surface area (Å²) in [6, 6.07) is 13.6. The summed E-state index contributed by atoms with van der Waals surface area (Å²) in [5, 5.41) is 2.92. The second-order valence-electron chi connectivity index (χ2n) is 6.20. The number of rotatable bonds is 9. The quantitative estimate of drug-likeness (QED) is 0.653. The van der Waals surface area contributed by atoms with Crippen molar-refractivity contribution >= 4 is 27.5 Å². The number of ether oxygens (including phenoxy) is 2. The fourth-order valence-electron chi connectivity index (χ4n) is 2.60. The van der Waals surface area contributed by atoms with E-state index in [1.807, 2.05) is 36.4 Å². The molecule has 2 aromatic rings. The van der Waals surface area contributed by atoms with E-state index in [1.54, 1.807) is 14.2 Å². The molecule has 0 aliphatic rings. The number of hydrogen-bond acceptors (Lipinski definition) is 3. The SMILES string of the molecule is COc1ccc(CC[NH+](C)CCC(=O)Nc2ccc(Br)cc2)cc1OC. The summed E-state index contributed by atoms with van der Waals surface area (Å²) in [6.45, 7) is 1.73. The van der Waals surface area contributed by atoms with Crippen molar-refractivity contribution in [3.8, 4) is 11.5 Å². The molecule has 2 rings (SSSR count). The van der Waals surface area contributed by atoms with E-state index in [0.717, 1.165) is 41.2 Å². The number of anilines is 1. The zero-order chi connectivity index (χ0) is 18.9. The van der Waals surface area contributed by atoms with Crippen LogP contribution in [0, 0.1) is 0 Å². The van der Waals surface area contributed by atoms with Crippen molar-refractivity contribution in [3.05, 3.63) is 52.5 Å². The van der Waals surface area contributed by atoms with Gasteiger partial charge in [0.2, 0.25) is 5.91 Å². The first kappa shape index (κ1) is 20.3. The van der Waals surface area contributed by atoms with Gasteiger partial charge in [0.25, 0.3) is 0 Å². The van der Waals surface area contributed by atoms with Crippen LogP contribution in [0.5, 0.6) is 11.5 Å². The van der Waals surface area contributed by atoms with Gasteiger partial charge in [-0.15, -0.1) is 0 Å². The number of methoxy groups -OCH3 is 2. The van der Waals surface area contributed by atoms with Crippen LogP contribution in [0.15, 0.2) is 46.9 Å². The molecule has 140 valence electrons. The fraction of sp³-hybridized carbons (Fsp3) is 0.350. The van der Waals surface area contributed by atoms with Gasteiger partial charge in [0.05, 0.1) is 40.8 Å². The van der Waals surface area contributed by atoms with E-state index >= 15 is 0 Å². The van der Waals surface area contributed by atoms with Crippen LogP contribution in [-0.4, -0.2) is 40.3 Å². The maximum Gasteiger partial charge on any atom is 0.230 e. The number of carbonyl (C=O) groups excluding carboxylic acids is 1. The first-order chi connectivity index (χ1) is 12.5. The molecule has 0 heterocycles. The molecule has 1 amide bonds. The third-order valence-corrected chi connectivity index (χ3v) is 4.72. The van der Waals surface area contributed by atoms with Crippen molar-refractivity contribution in [2.24, 2.45) is 0 Å². The Morgan fingerprint density at radius 2 is 1.73 bits per heavy atom. The summed E-state index contributed by atoms with van der Waals surface area (Å²) < 4.78 is 11.6. The lowest BCUT2D eigenvalue weighted by molar-refractivity contribution is -0.878. The number of carbonyl (C=O) groups is 1. The first-order valence-corrected chi connectivity index (χ1v) is 9.38. The zero-order valence-electron chi connectivity index (χ0n) is 15.5. The summed E-state index contributed by atoms with van der Waals surface area (Å²) in [4.78, 5) is 13.4. The summed E-state index contributed by atoms with van der Waals surface area (Å²) in [6.07, 6.45) is 1.41. The molecule has 26 heavy (non-hydrogen) atoms. The Hall–Kier alpha value is -2.05. The van der Waals surface area contributed by atoms with Gasteiger partial charge in [0, 0.05) is 16.6 Å². The molecule has 0 aromatic heterocycles. The lowest BCUT2D eigenvalue weighted by Crippen LogP contribution is -3.09. The van der Waals surface area contributed by atoms with Gasteiger partial charge >= 0.3 is 0 Å². The van der Waals surface area contributed by atoms with E-state index in [4.69, 9.17) is 9.47 Å². The standard InChI is InChI=1S/C20H25BrN2O3/c1-23(12-10-15-4-9-18(25-2)19(14-15)26-3)13-11-20(24)22-17-7-5-16(21)6-8-17/h4-9,14H,10-13H2,1-3H3,(H,22,24)/p+1. The number of hydrogen-bond donors (Lipinski definition) is 2. The molecule has 2 aromatic carbocycles. The van der Waals surface area contributed by atoms with Gasteiger partial charge < -0.3 is 19.7 Å². The minimum atomic E-state index is 0.0396. The predicted molar refractivity (Wildman–Crippen MR) is 107 cm³/mol. The van der Waals surface area contributed by atoms with Crippen molar-refractivity contribution < 1.29 is 19.2 Å². The number of benzene rings is 2. The molecule has 0 bridgehead atoms. The molecule has 1 unspecified atom stereocenters. The number of quaternary nitrogens is 1. The van der Waals surface area contributed by atoms with Gasteiger partial charge in [0.1, 0.15) is 0 Å². The Bertz CT molecular complexity index is 719. The second-order valence-corrected chi connectivity index (χ2v) is 7.12. The minimum absolute atomic E-state index is 0.0396. The topological polar surface area (TPSA) is 52.0 Å². The van der Waals surface area contributed by atoms with Gasteiger partial charge in [0.15, 0.2) is 11.5 Å². The lowest BCUT2D eigenvalue weighted by atomic mass is 10.1. The van der Waals surface area contributed by atoms with Gasteiger partial charge in [-0.25, -0.2) is 0 Å². The molecule has 6 heteroatoms. The maximum absolute atomic E-state index is 12.1. The molecule has 0 saturated carbocycles. The number of amides is 1. The summed E-state index contributed by atoms with van der Waals surface area (Å²) in [5.41, 5.74) is 2.02. The third-order valence-electron chi connectivity index (χ3n) is 4.20. The Morgan fingerprint density at radius 3 is 2.38 bits per heavy atom. The Kier molecular flexibility index (Phi) is 7.94. The molecule has 0 aliphatic carbocycles. The van der Waals surface area contributed by atoms with Crippen molar-refractivity contribution in [1.82, 2.24) is 0 Å². The van der Waals surface area contributed by atoms with Crippen LogP contribution in [0.4, 0.5) is 5.69 Å². The summed E-state index contributed by atoms with van der Waals surface area (Å²) in [5.74, 6) is 1.52. The van der Waals surface area contributed by atoms with Crippen molar-refractivity contribution in [2.45, 2.75) is 12.8 Å². The molecule has 1 atom stereocenters. The molecule has 0 saturated heterocycles. The molecule has 0 radical (unpaired) electrons. The van der Waals surface area contributed by atoms with Crippen LogP contribution in [-0.2, 0) is 11.2 Å². The van der Waals surface area contributed by atoms with Crippen molar-refractivity contribution in [3.63, 3.8) is 0 Å². The third kappa shape index (κ3) is 6.35. The highest BCUT2D eigenvalue weighted by Gasteiger charge is 2.10. The maximum atomic E-state index is 12.1. The van der Waals surface area contributed by atoms with Gasteiger partial charge in [-0.1, -0.05) is 22.0 Å². The van der Waals surface area contributed by atoms with E-state index < -0.39 is 0 Å². The average molecular weight is 422 g/mol. The van der Waals surface area contributed by atoms with Crippen LogP contribution < -0.4 is 19.7 Å². The van der Waals surface area contributed by atoms with Gasteiger partial charge in [-0.2, -0.15) is 0 Å².